The minimum Gasteiger partial charge on any atom is -0.496 e. The van der Waals surface area contributed by atoms with Crippen molar-refractivity contribution in [2.24, 2.45) is 0 Å². The average Bonchev–Trinajstić information content (AvgIpc) is 2.59. The molecule has 0 radical (unpaired) electrons. The molecular formula is C16H26O8. The Balaban J connectivity index is 2.14. The molecule has 1 rings (SSSR count). The van der Waals surface area contributed by atoms with Crippen molar-refractivity contribution < 1.29 is 37.9 Å². The summed E-state index contributed by atoms with van der Waals surface area (Å²) in [6.07, 6.45) is 8.80. The Morgan fingerprint density at radius 1 is 0.292 bits per heavy atom. The zero-order valence-corrected chi connectivity index (χ0v) is 13.8. The fourth-order valence-electron chi connectivity index (χ4n) is 1.37. The van der Waals surface area contributed by atoms with Crippen LogP contribution in [0.1, 0.15) is 0 Å². The molecule has 0 N–H and O–H groups in total. The van der Waals surface area contributed by atoms with E-state index in [1.54, 1.807) is 0 Å². The van der Waals surface area contributed by atoms with E-state index in [1.807, 2.05) is 0 Å². The second-order valence-corrected chi connectivity index (χ2v) is 4.27. The summed E-state index contributed by atoms with van der Waals surface area (Å²) in [6.45, 7) is 4.51. The van der Waals surface area contributed by atoms with Crippen molar-refractivity contribution in [3.63, 3.8) is 0 Å². The van der Waals surface area contributed by atoms with Crippen molar-refractivity contribution in [1.29, 1.82) is 0 Å². The molecule has 8 nitrogen and oxygen atoms in total. The highest BCUT2D eigenvalue weighted by atomic mass is 16.6. The lowest BCUT2D eigenvalue weighted by atomic mass is 10.7. The van der Waals surface area contributed by atoms with Crippen LogP contribution in [0.15, 0.2) is 37.6 Å². The predicted molar refractivity (Wildman–Crippen MR) is 84.8 cm³/mol. The molecule has 0 aromatic carbocycles. The van der Waals surface area contributed by atoms with E-state index in [2.05, 4.69) is 0 Å². The van der Waals surface area contributed by atoms with Crippen LogP contribution in [-0.2, 0) is 37.9 Å². The first-order chi connectivity index (χ1) is 12.0. The summed E-state index contributed by atoms with van der Waals surface area (Å²) in [7, 11) is 0. The van der Waals surface area contributed by atoms with E-state index in [-0.39, 0.29) is 0 Å². The fourth-order valence-corrected chi connectivity index (χ4v) is 1.37. The van der Waals surface area contributed by atoms with Gasteiger partial charge in [0.25, 0.3) is 0 Å². The van der Waals surface area contributed by atoms with Crippen LogP contribution < -0.4 is 0 Å². The zero-order valence-electron chi connectivity index (χ0n) is 13.8. The number of hydrogen-bond donors (Lipinski definition) is 0. The van der Waals surface area contributed by atoms with Crippen LogP contribution >= 0.6 is 0 Å². The van der Waals surface area contributed by atoms with E-state index in [0.29, 0.717) is 66.1 Å². The van der Waals surface area contributed by atoms with Crippen molar-refractivity contribution in [2.75, 3.05) is 66.1 Å². The van der Waals surface area contributed by atoms with Gasteiger partial charge in [0.05, 0.1) is 26.4 Å². The number of ether oxygens (including phenoxy) is 8. The first-order valence-corrected chi connectivity index (χ1v) is 7.80. The lowest BCUT2D eigenvalue weighted by Crippen LogP contribution is -2.10. The predicted octanol–water partition coefficient (Wildman–Crippen LogP) is 1.55. The summed E-state index contributed by atoms with van der Waals surface area (Å²) in [6, 6.07) is 0. The first kappa shape index (κ1) is 20.0. The Kier molecular flexibility index (Phi) is 14.4. The molecule has 0 fully saturated rings. The summed E-state index contributed by atoms with van der Waals surface area (Å²) < 4.78 is 41.7. The molecule has 0 bridgehead atoms. The molecule has 0 unspecified atom stereocenters. The quantitative estimate of drug-likeness (QED) is 0.654. The minimum atomic E-state index is 0.407. The summed E-state index contributed by atoms with van der Waals surface area (Å²) in [5.74, 6) is 0. The van der Waals surface area contributed by atoms with Crippen LogP contribution in [0.2, 0.25) is 0 Å². The first-order valence-electron chi connectivity index (χ1n) is 7.80. The van der Waals surface area contributed by atoms with Crippen LogP contribution in [0.4, 0.5) is 0 Å². The highest BCUT2D eigenvalue weighted by Gasteiger charge is 1.91. The van der Waals surface area contributed by atoms with Gasteiger partial charge < -0.3 is 37.9 Å². The van der Waals surface area contributed by atoms with Crippen LogP contribution in [0, 0.1) is 0 Å². The van der Waals surface area contributed by atoms with Gasteiger partial charge in [0.15, 0.2) is 0 Å². The smallest absolute Gasteiger partial charge is 0.121 e. The molecule has 8 heteroatoms. The van der Waals surface area contributed by atoms with Gasteiger partial charge in [-0.25, -0.2) is 0 Å². The molecule has 138 valence electrons. The third-order valence-electron chi connectivity index (χ3n) is 2.45. The summed E-state index contributed by atoms with van der Waals surface area (Å²) in [5, 5.41) is 0. The van der Waals surface area contributed by atoms with E-state index >= 15 is 0 Å². The van der Waals surface area contributed by atoms with E-state index in [4.69, 9.17) is 37.9 Å². The van der Waals surface area contributed by atoms with Crippen LogP contribution in [0.5, 0.6) is 0 Å². The fraction of sp³-hybridized carbons (Fsp3) is 0.625. The molecule has 0 saturated heterocycles. The second-order valence-electron chi connectivity index (χ2n) is 4.27. The highest BCUT2D eigenvalue weighted by molar-refractivity contribution is 4.64. The molecule has 0 spiro atoms. The molecule has 0 aromatic heterocycles. The lowest BCUT2D eigenvalue weighted by molar-refractivity contribution is 0.0172. The van der Waals surface area contributed by atoms with E-state index in [9.17, 15) is 0 Å². The van der Waals surface area contributed by atoms with E-state index in [0.717, 1.165) is 0 Å². The summed E-state index contributed by atoms with van der Waals surface area (Å²) in [5.41, 5.74) is 0. The Labute approximate surface area is 142 Å². The van der Waals surface area contributed by atoms with Gasteiger partial charge in [-0.15, -0.1) is 0 Å². The van der Waals surface area contributed by atoms with Gasteiger partial charge in [0, 0.05) is 0 Å². The Morgan fingerprint density at radius 2 is 0.500 bits per heavy atom. The second kappa shape index (κ2) is 17.3. The molecule has 1 aliphatic heterocycles. The third-order valence-corrected chi connectivity index (χ3v) is 2.45. The molecule has 1 aliphatic rings. The largest absolute Gasteiger partial charge is 0.496 e. The lowest BCUT2D eigenvalue weighted by Gasteiger charge is -2.06. The summed E-state index contributed by atoms with van der Waals surface area (Å²) in [4.78, 5) is 0. The molecule has 0 aliphatic carbocycles. The normalized spacial score (nSPS) is 20.0. The van der Waals surface area contributed by atoms with Crippen molar-refractivity contribution in [3.8, 4) is 0 Å². The van der Waals surface area contributed by atoms with Gasteiger partial charge in [-0.2, -0.15) is 0 Å². The topological polar surface area (TPSA) is 73.8 Å². The number of hydrogen-bond acceptors (Lipinski definition) is 8. The summed E-state index contributed by atoms with van der Waals surface area (Å²) >= 11 is 0. The molecule has 0 saturated carbocycles. The standard InChI is InChI=1S/C16H26O8/c1-2-18-5-6-20-9-10-22-13-14-24-16-15-23-12-11-21-8-7-19-4-3-17-1/h1-2,7-10H,3-6,11-16H2. The highest BCUT2D eigenvalue weighted by Crippen LogP contribution is 1.88. The molecule has 0 amide bonds. The van der Waals surface area contributed by atoms with E-state index in [1.165, 1.54) is 37.6 Å². The van der Waals surface area contributed by atoms with E-state index < -0.39 is 0 Å². The van der Waals surface area contributed by atoms with Crippen LogP contribution in [0.3, 0.4) is 0 Å². The molecule has 0 aromatic rings. The van der Waals surface area contributed by atoms with Crippen molar-refractivity contribution >= 4 is 0 Å². The Hall–Kier alpha value is -2.06. The minimum absolute atomic E-state index is 0.407. The molecular weight excluding hydrogens is 320 g/mol. The van der Waals surface area contributed by atoms with Crippen molar-refractivity contribution in [1.82, 2.24) is 0 Å². The molecule has 0 atom stereocenters. The van der Waals surface area contributed by atoms with Gasteiger partial charge in [0.2, 0.25) is 0 Å². The molecule has 1 heterocycles. The van der Waals surface area contributed by atoms with Crippen LogP contribution in [0.25, 0.3) is 0 Å². The maximum absolute atomic E-state index is 5.33. The van der Waals surface area contributed by atoms with Crippen molar-refractivity contribution in [2.45, 2.75) is 0 Å². The van der Waals surface area contributed by atoms with Gasteiger partial charge >= 0.3 is 0 Å². The maximum atomic E-state index is 5.33. The van der Waals surface area contributed by atoms with Crippen molar-refractivity contribution in [3.05, 3.63) is 37.6 Å². The maximum Gasteiger partial charge on any atom is 0.121 e. The monoisotopic (exact) mass is 346 g/mol. The van der Waals surface area contributed by atoms with Crippen LogP contribution in [-0.4, -0.2) is 66.1 Å². The van der Waals surface area contributed by atoms with Gasteiger partial charge in [-0.05, 0) is 0 Å². The van der Waals surface area contributed by atoms with Gasteiger partial charge in [-0.3, -0.25) is 0 Å². The third kappa shape index (κ3) is 14.9. The SMILES string of the molecule is C1=COCCOC=COCCOCCOCCOC=COCCO1. The average molecular weight is 346 g/mol. The Morgan fingerprint density at radius 3 is 0.792 bits per heavy atom. The number of rotatable bonds is 0. The Bertz CT molecular complexity index is 311. The molecule has 24 heavy (non-hydrogen) atoms. The van der Waals surface area contributed by atoms with Gasteiger partial charge in [-0.1, -0.05) is 0 Å². The zero-order chi connectivity index (χ0) is 17.0. The van der Waals surface area contributed by atoms with Gasteiger partial charge in [0.1, 0.15) is 77.2 Å².